The Morgan fingerprint density at radius 3 is 2.32 bits per heavy atom. The second kappa shape index (κ2) is 8.62. The van der Waals surface area contributed by atoms with Gasteiger partial charge in [0, 0.05) is 24.2 Å². The van der Waals surface area contributed by atoms with Crippen LogP contribution in [0.15, 0.2) is 48.5 Å². The van der Waals surface area contributed by atoms with E-state index >= 15 is 0 Å². The van der Waals surface area contributed by atoms with Gasteiger partial charge in [-0.1, -0.05) is 48.0 Å². The molecule has 0 aliphatic carbocycles. The summed E-state index contributed by atoms with van der Waals surface area (Å²) in [6.45, 7) is 1.62. The van der Waals surface area contributed by atoms with Gasteiger partial charge in [0.05, 0.1) is 6.42 Å². The van der Waals surface area contributed by atoms with E-state index in [1.165, 1.54) is 18.0 Å². The van der Waals surface area contributed by atoms with Crippen LogP contribution in [0.1, 0.15) is 18.1 Å². The highest BCUT2D eigenvalue weighted by atomic mass is 35.5. The quantitative estimate of drug-likeness (QED) is 0.858. The van der Waals surface area contributed by atoms with Crippen LogP contribution in [0.4, 0.5) is 4.39 Å². The third-order valence-electron chi connectivity index (χ3n) is 4.01. The molecule has 2 rings (SSSR count). The van der Waals surface area contributed by atoms with Crippen LogP contribution in [0.25, 0.3) is 0 Å². The number of likely N-dealkylation sites (N-methyl/N-ethyl adjacent to an activating group) is 1. The molecule has 2 amide bonds. The molecule has 1 unspecified atom stereocenters. The van der Waals surface area contributed by atoms with Gasteiger partial charge in [0.25, 0.3) is 0 Å². The van der Waals surface area contributed by atoms with Crippen molar-refractivity contribution in [2.24, 2.45) is 0 Å². The summed E-state index contributed by atoms with van der Waals surface area (Å²) in [6.07, 6.45) is 0.0372. The van der Waals surface area contributed by atoms with Gasteiger partial charge < -0.3 is 10.2 Å². The molecule has 0 aromatic heterocycles. The van der Waals surface area contributed by atoms with Gasteiger partial charge in [0.15, 0.2) is 0 Å². The van der Waals surface area contributed by atoms with E-state index < -0.39 is 11.9 Å². The normalized spacial score (nSPS) is 11.7. The maximum atomic E-state index is 14.0. The topological polar surface area (TPSA) is 49.4 Å². The van der Waals surface area contributed by atoms with E-state index in [4.69, 9.17) is 11.6 Å². The number of nitrogens with zero attached hydrogens (tertiary/aromatic N) is 1. The number of hydrogen-bond acceptors (Lipinski definition) is 2. The lowest BCUT2D eigenvalue weighted by atomic mass is 10.1. The van der Waals surface area contributed by atoms with Crippen LogP contribution < -0.4 is 5.32 Å². The van der Waals surface area contributed by atoms with E-state index in [1.807, 2.05) is 0 Å². The largest absolute Gasteiger partial charge is 0.357 e. The Labute approximate surface area is 151 Å². The number of hydrogen-bond donors (Lipinski definition) is 1. The van der Waals surface area contributed by atoms with E-state index in [0.29, 0.717) is 16.1 Å². The van der Waals surface area contributed by atoms with Crippen LogP contribution in [0, 0.1) is 5.82 Å². The summed E-state index contributed by atoms with van der Waals surface area (Å²) in [7, 11) is 1.50. The fraction of sp³-hybridized carbons (Fsp3) is 0.263. The zero-order chi connectivity index (χ0) is 18.4. The van der Waals surface area contributed by atoms with Gasteiger partial charge in [0.1, 0.15) is 11.9 Å². The Balaban J connectivity index is 2.27. The Morgan fingerprint density at radius 1 is 1.12 bits per heavy atom. The number of nitrogens with one attached hydrogen (secondary N) is 1. The maximum Gasteiger partial charge on any atom is 0.242 e. The fourth-order valence-electron chi connectivity index (χ4n) is 2.51. The van der Waals surface area contributed by atoms with Crippen LogP contribution in [0.5, 0.6) is 0 Å². The summed E-state index contributed by atoms with van der Waals surface area (Å²) >= 11 is 6.12. The van der Waals surface area contributed by atoms with E-state index in [0.717, 1.165) is 0 Å². The van der Waals surface area contributed by atoms with Crippen molar-refractivity contribution in [3.05, 3.63) is 70.5 Å². The molecule has 1 N–H and O–H groups in total. The molecule has 0 heterocycles. The molecule has 0 aliphatic rings. The highest BCUT2D eigenvalue weighted by Gasteiger charge is 2.26. The third kappa shape index (κ3) is 4.79. The number of halogens is 2. The standard InChI is InChI=1S/C19H20ClFN2O2/c1-13(19(25)22-2)23(12-15-8-4-6-10-17(15)21)18(24)11-14-7-3-5-9-16(14)20/h3-10,13H,11-12H2,1-2H3,(H,22,25). The summed E-state index contributed by atoms with van der Waals surface area (Å²) in [5.74, 6) is -1.03. The number of benzene rings is 2. The van der Waals surface area contributed by atoms with Crippen molar-refractivity contribution in [2.75, 3.05) is 7.05 Å². The minimum atomic E-state index is -0.736. The fourth-order valence-corrected chi connectivity index (χ4v) is 2.71. The first kappa shape index (κ1) is 18.9. The minimum Gasteiger partial charge on any atom is -0.357 e. The first-order chi connectivity index (χ1) is 11.9. The van der Waals surface area contributed by atoms with Crippen LogP contribution in [0.2, 0.25) is 5.02 Å². The van der Waals surface area contributed by atoms with Crippen molar-refractivity contribution < 1.29 is 14.0 Å². The lowest BCUT2D eigenvalue weighted by Crippen LogP contribution is -2.47. The number of carbonyl (C=O) groups excluding carboxylic acids is 2. The van der Waals surface area contributed by atoms with Gasteiger partial charge in [-0.25, -0.2) is 4.39 Å². The van der Waals surface area contributed by atoms with Crippen LogP contribution in [0.3, 0.4) is 0 Å². The molecule has 0 saturated carbocycles. The first-order valence-electron chi connectivity index (χ1n) is 7.92. The summed E-state index contributed by atoms with van der Waals surface area (Å²) < 4.78 is 14.0. The molecule has 2 aromatic carbocycles. The maximum absolute atomic E-state index is 14.0. The molecular weight excluding hydrogens is 343 g/mol. The lowest BCUT2D eigenvalue weighted by Gasteiger charge is -2.28. The predicted molar refractivity (Wildman–Crippen MR) is 95.6 cm³/mol. The molecular formula is C19H20ClFN2O2. The molecule has 0 saturated heterocycles. The highest BCUT2D eigenvalue weighted by molar-refractivity contribution is 6.31. The van der Waals surface area contributed by atoms with E-state index in [9.17, 15) is 14.0 Å². The summed E-state index contributed by atoms with van der Waals surface area (Å²) in [5, 5.41) is 3.00. The summed E-state index contributed by atoms with van der Waals surface area (Å²) in [6, 6.07) is 12.5. The van der Waals surface area contributed by atoms with Crippen LogP contribution >= 0.6 is 11.6 Å². The lowest BCUT2D eigenvalue weighted by molar-refractivity contribution is -0.139. The average Bonchev–Trinajstić information content (AvgIpc) is 2.61. The third-order valence-corrected chi connectivity index (χ3v) is 4.38. The van der Waals surface area contributed by atoms with Crippen molar-refractivity contribution in [1.29, 1.82) is 0 Å². The van der Waals surface area contributed by atoms with Crippen molar-refractivity contribution in [1.82, 2.24) is 10.2 Å². The number of amides is 2. The molecule has 1 atom stereocenters. The zero-order valence-corrected chi connectivity index (χ0v) is 14.9. The average molecular weight is 363 g/mol. The molecule has 0 fully saturated rings. The summed E-state index contributed by atoms with van der Waals surface area (Å²) in [5.41, 5.74) is 1.02. The molecule has 6 heteroatoms. The predicted octanol–water partition coefficient (Wildman–Crippen LogP) is 3.18. The SMILES string of the molecule is CNC(=O)C(C)N(Cc1ccccc1F)C(=O)Cc1ccccc1Cl. The van der Waals surface area contributed by atoms with Crippen molar-refractivity contribution >= 4 is 23.4 Å². The Kier molecular flexibility index (Phi) is 6.53. The second-order valence-corrected chi connectivity index (χ2v) is 6.08. The van der Waals surface area contributed by atoms with Crippen molar-refractivity contribution in [3.8, 4) is 0 Å². The molecule has 0 radical (unpaired) electrons. The molecule has 25 heavy (non-hydrogen) atoms. The highest BCUT2D eigenvalue weighted by Crippen LogP contribution is 2.19. The minimum absolute atomic E-state index is 0.00451. The van der Waals surface area contributed by atoms with Gasteiger partial charge in [-0.2, -0.15) is 0 Å². The van der Waals surface area contributed by atoms with E-state index in [-0.39, 0.29) is 24.8 Å². The van der Waals surface area contributed by atoms with Crippen LogP contribution in [-0.2, 0) is 22.6 Å². The monoisotopic (exact) mass is 362 g/mol. The Hall–Kier alpha value is -2.40. The van der Waals surface area contributed by atoms with Gasteiger partial charge in [-0.15, -0.1) is 0 Å². The van der Waals surface area contributed by atoms with Gasteiger partial charge in [0.2, 0.25) is 11.8 Å². The smallest absolute Gasteiger partial charge is 0.242 e. The van der Waals surface area contributed by atoms with E-state index in [2.05, 4.69) is 5.32 Å². The molecule has 4 nitrogen and oxygen atoms in total. The van der Waals surface area contributed by atoms with Crippen molar-refractivity contribution in [2.45, 2.75) is 25.9 Å². The molecule has 2 aromatic rings. The molecule has 132 valence electrons. The Bertz CT molecular complexity index is 767. The van der Waals surface area contributed by atoms with Crippen molar-refractivity contribution in [3.63, 3.8) is 0 Å². The molecule has 0 spiro atoms. The van der Waals surface area contributed by atoms with E-state index in [1.54, 1.807) is 49.4 Å². The second-order valence-electron chi connectivity index (χ2n) is 5.67. The first-order valence-corrected chi connectivity index (χ1v) is 8.29. The number of rotatable bonds is 6. The van der Waals surface area contributed by atoms with Gasteiger partial charge in [-0.05, 0) is 24.6 Å². The van der Waals surface area contributed by atoms with Crippen LogP contribution in [-0.4, -0.2) is 29.8 Å². The number of carbonyl (C=O) groups is 2. The zero-order valence-electron chi connectivity index (χ0n) is 14.1. The van der Waals surface area contributed by atoms with Gasteiger partial charge in [-0.3, -0.25) is 9.59 Å². The summed E-state index contributed by atoms with van der Waals surface area (Å²) in [4.78, 5) is 26.2. The van der Waals surface area contributed by atoms with Gasteiger partial charge >= 0.3 is 0 Å². The molecule has 0 bridgehead atoms. The molecule has 0 aliphatic heterocycles. The Morgan fingerprint density at radius 2 is 1.72 bits per heavy atom.